The first-order valence-electron chi connectivity index (χ1n) is 5.76. The van der Waals surface area contributed by atoms with Crippen molar-refractivity contribution >= 4 is 22.6 Å². The molecule has 4 nitrogen and oxygen atoms in total. The highest BCUT2D eigenvalue weighted by Gasteiger charge is 2.18. The molecule has 2 aromatic rings. The first kappa shape index (κ1) is 10.2. The molecule has 1 N–H and O–H groups in total. The second-order valence-corrected chi connectivity index (χ2v) is 4.31. The fraction of sp³-hybridized carbons (Fsp3) is 0.308. The second kappa shape index (κ2) is 3.80. The standard InChI is InChI=1S/C13H13NO3/c15-13(16)11-8-9-4-3-5-10(12(9)17-11)14-6-1-2-7-14/h3-5,8H,1-2,6-7H2,(H,15,16). The Hall–Kier alpha value is -1.97. The van der Waals surface area contributed by atoms with Crippen molar-refractivity contribution in [2.75, 3.05) is 18.0 Å². The molecule has 88 valence electrons. The number of hydrogen-bond acceptors (Lipinski definition) is 3. The molecule has 4 heteroatoms. The van der Waals surface area contributed by atoms with Gasteiger partial charge in [0.15, 0.2) is 5.58 Å². The number of aromatic carboxylic acids is 1. The molecule has 0 unspecified atom stereocenters. The van der Waals surface area contributed by atoms with Gasteiger partial charge in [-0.15, -0.1) is 0 Å². The van der Waals surface area contributed by atoms with Gasteiger partial charge in [0.05, 0.1) is 5.69 Å². The summed E-state index contributed by atoms with van der Waals surface area (Å²) in [6.07, 6.45) is 2.37. The zero-order valence-corrected chi connectivity index (χ0v) is 9.35. The summed E-state index contributed by atoms with van der Waals surface area (Å²) in [5.41, 5.74) is 1.69. The summed E-state index contributed by atoms with van der Waals surface area (Å²) < 4.78 is 5.43. The fourth-order valence-electron chi connectivity index (χ4n) is 2.36. The van der Waals surface area contributed by atoms with Crippen molar-refractivity contribution < 1.29 is 14.3 Å². The van der Waals surface area contributed by atoms with E-state index < -0.39 is 5.97 Å². The topological polar surface area (TPSA) is 53.7 Å². The van der Waals surface area contributed by atoms with Crippen LogP contribution in [-0.2, 0) is 0 Å². The lowest BCUT2D eigenvalue weighted by Gasteiger charge is -2.17. The number of nitrogens with zero attached hydrogens (tertiary/aromatic N) is 1. The van der Waals surface area contributed by atoms with Gasteiger partial charge in [-0.05, 0) is 25.0 Å². The molecule has 1 aromatic heterocycles. The maximum absolute atomic E-state index is 10.9. The zero-order chi connectivity index (χ0) is 11.8. The van der Waals surface area contributed by atoms with Gasteiger partial charge in [-0.25, -0.2) is 4.79 Å². The van der Waals surface area contributed by atoms with Crippen LogP contribution in [0.15, 0.2) is 28.7 Å². The SMILES string of the molecule is O=C(O)c1cc2cccc(N3CCCC3)c2o1. The number of carboxylic acid groups (broad SMARTS) is 1. The maximum Gasteiger partial charge on any atom is 0.371 e. The maximum atomic E-state index is 10.9. The Bertz CT molecular complexity index is 567. The second-order valence-electron chi connectivity index (χ2n) is 4.31. The molecule has 17 heavy (non-hydrogen) atoms. The smallest absolute Gasteiger partial charge is 0.371 e. The van der Waals surface area contributed by atoms with Crippen LogP contribution in [0.3, 0.4) is 0 Å². The third kappa shape index (κ3) is 1.65. The van der Waals surface area contributed by atoms with Crippen LogP contribution in [0.2, 0.25) is 0 Å². The minimum absolute atomic E-state index is 0.00615. The number of furan rings is 1. The number of anilines is 1. The van der Waals surface area contributed by atoms with E-state index >= 15 is 0 Å². The van der Waals surface area contributed by atoms with Crippen molar-refractivity contribution in [1.29, 1.82) is 0 Å². The van der Waals surface area contributed by atoms with E-state index in [0.29, 0.717) is 5.58 Å². The van der Waals surface area contributed by atoms with E-state index in [2.05, 4.69) is 4.90 Å². The van der Waals surface area contributed by atoms with Gasteiger partial charge in [-0.3, -0.25) is 0 Å². The molecule has 0 amide bonds. The van der Waals surface area contributed by atoms with E-state index in [1.165, 1.54) is 12.8 Å². The molecule has 3 rings (SSSR count). The van der Waals surface area contributed by atoms with Crippen LogP contribution in [0, 0.1) is 0 Å². The van der Waals surface area contributed by atoms with Crippen LogP contribution in [-0.4, -0.2) is 24.2 Å². The Labute approximate surface area is 98.4 Å². The number of benzene rings is 1. The summed E-state index contributed by atoms with van der Waals surface area (Å²) in [7, 11) is 0. The van der Waals surface area contributed by atoms with Crippen molar-refractivity contribution in [3.8, 4) is 0 Å². The van der Waals surface area contributed by atoms with Crippen molar-refractivity contribution in [2.24, 2.45) is 0 Å². The highest BCUT2D eigenvalue weighted by molar-refractivity contribution is 5.96. The van der Waals surface area contributed by atoms with Crippen LogP contribution in [0.5, 0.6) is 0 Å². The molecule has 1 aromatic carbocycles. The summed E-state index contributed by atoms with van der Waals surface area (Å²) >= 11 is 0. The van der Waals surface area contributed by atoms with Crippen molar-refractivity contribution in [1.82, 2.24) is 0 Å². The van der Waals surface area contributed by atoms with Gasteiger partial charge in [0.2, 0.25) is 5.76 Å². The number of carboxylic acids is 1. The lowest BCUT2D eigenvalue weighted by atomic mass is 10.2. The van der Waals surface area contributed by atoms with Crippen LogP contribution < -0.4 is 4.90 Å². The predicted octanol–water partition coefficient (Wildman–Crippen LogP) is 2.73. The molecule has 0 spiro atoms. The monoisotopic (exact) mass is 231 g/mol. The van der Waals surface area contributed by atoms with Gasteiger partial charge in [0, 0.05) is 18.5 Å². The molecular formula is C13H13NO3. The van der Waals surface area contributed by atoms with E-state index in [-0.39, 0.29) is 5.76 Å². The summed E-state index contributed by atoms with van der Waals surface area (Å²) in [5.74, 6) is -1.01. The molecule has 0 aliphatic carbocycles. The highest BCUT2D eigenvalue weighted by atomic mass is 16.4. The number of carbonyl (C=O) groups is 1. The van der Waals surface area contributed by atoms with E-state index in [9.17, 15) is 4.79 Å². The summed E-state index contributed by atoms with van der Waals surface area (Å²) in [5, 5.41) is 9.79. The molecule has 0 bridgehead atoms. The Morgan fingerprint density at radius 3 is 2.76 bits per heavy atom. The normalized spacial score (nSPS) is 15.6. The van der Waals surface area contributed by atoms with Crippen LogP contribution in [0.25, 0.3) is 11.0 Å². The third-order valence-electron chi connectivity index (χ3n) is 3.18. The Kier molecular flexibility index (Phi) is 2.28. The van der Waals surface area contributed by atoms with Gasteiger partial charge < -0.3 is 14.4 Å². The lowest BCUT2D eigenvalue weighted by molar-refractivity contribution is 0.0665. The van der Waals surface area contributed by atoms with E-state index in [0.717, 1.165) is 24.2 Å². The summed E-state index contributed by atoms with van der Waals surface area (Å²) in [6.45, 7) is 2.03. The average molecular weight is 231 g/mol. The van der Waals surface area contributed by atoms with Crippen LogP contribution in [0.4, 0.5) is 5.69 Å². The Balaban J connectivity index is 2.14. The summed E-state index contributed by atoms with van der Waals surface area (Å²) in [6, 6.07) is 7.39. The molecule has 1 saturated heterocycles. The largest absolute Gasteiger partial charge is 0.475 e. The molecular weight excluding hydrogens is 218 g/mol. The molecule has 1 aliphatic rings. The zero-order valence-electron chi connectivity index (χ0n) is 9.35. The minimum atomic E-state index is -1.02. The van der Waals surface area contributed by atoms with Crippen LogP contribution in [0.1, 0.15) is 23.4 Å². The van der Waals surface area contributed by atoms with Crippen molar-refractivity contribution in [3.63, 3.8) is 0 Å². The highest BCUT2D eigenvalue weighted by Crippen LogP contribution is 2.31. The van der Waals surface area contributed by atoms with E-state index in [1.54, 1.807) is 6.07 Å². The first-order valence-corrected chi connectivity index (χ1v) is 5.76. The van der Waals surface area contributed by atoms with Gasteiger partial charge in [0.1, 0.15) is 0 Å². The fourth-order valence-corrected chi connectivity index (χ4v) is 2.36. The Morgan fingerprint density at radius 2 is 2.06 bits per heavy atom. The minimum Gasteiger partial charge on any atom is -0.475 e. The molecule has 0 atom stereocenters. The van der Waals surface area contributed by atoms with Gasteiger partial charge >= 0.3 is 5.97 Å². The number of fused-ring (bicyclic) bond motifs is 1. The molecule has 1 aliphatic heterocycles. The quantitative estimate of drug-likeness (QED) is 0.863. The molecule has 0 saturated carbocycles. The average Bonchev–Trinajstić information content (AvgIpc) is 2.97. The Morgan fingerprint density at radius 1 is 1.29 bits per heavy atom. The van der Waals surface area contributed by atoms with Crippen LogP contribution >= 0.6 is 0 Å². The third-order valence-corrected chi connectivity index (χ3v) is 3.18. The van der Waals surface area contributed by atoms with E-state index in [1.807, 2.05) is 18.2 Å². The van der Waals surface area contributed by atoms with Gasteiger partial charge in [-0.2, -0.15) is 0 Å². The molecule has 1 fully saturated rings. The van der Waals surface area contributed by atoms with Gasteiger partial charge in [-0.1, -0.05) is 12.1 Å². The number of rotatable bonds is 2. The molecule has 2 heterocycles. The van der Waals surface area contributed by atoms with Crippen molar-refractivity contribution in [3.05, 3.63) is 30.0 Å². The van der Waals surface area contributed by atoms with E-state index in [4.69, 9.17) is 9.52 Å². The predicted molar refractivity (Wildman–Crippen MR) is 64.6 cm³/mol. The first-order chi connectivity index (χ1) is 8.25. The summed E-state index contributed by atoms with van der Waals surface area (Å²) in [4.78, 5) is 13.1. The number of hydrogen-bond donors (Lipinski definition) is 1. The lowest BCUT2D eigenvalue weighted by Crippen LogP contribution is -2.17. The van der Waals surface area contributed by atoms with Crippen molar-refractivity contribution in [2.45, 2.75) is 12.8 Å². The molecule has 0 radical (unpaired) electrons. The van der Waals surface area contributed by atoms with Gasteiger partial charge in [0.25, 0.3) is 0 Å². The number of para-hydroxylation sites is 1.